The lowest BCUT2D eigenvalue weighted by molar-refractivity contribution is -0.137. The molecule has 0 bridgehead atoms. The van der Waals surface area contributed by atoms with Crippen LogP contribution >= 0.6 is 11.6 Å². The molecule has 0 aliphatic rings. The first-order valence-corrected chi connectivity index (χ1v) is 6.28. The van der Waals surface area contributed by atoms with Crippen LogP contribution in [0.1, 0.15) is 26.3 Å². The number of halogens is 4. The Kier molecular flexibility index (Phi) is 5.05. The fourth-order valence-corrected chi connectivity index (χ4v) is 1.60. The normalized spacial score (nSPS) is 12.3. The van der Waals surface area contributed by atoms with Crippen LogP contribution in [0.3, 0.4) is 0 Å². The molecule has 0 unspecified atom stereocenters. The molecule has 0 saturated heterocycles. The van der Waals surface area contributed by atoms with Crippen molar-refractivity contribution in [3.8, 4) is 0 Å². The molecule has 0 atom stereocenters. The van der Waals surface area contributed by atoms with Gasteiger partial charge in [0, 0.05) is 11.2 Å². The first-order valence-electron chi connectivity index (χ1n) is 5.91. The van der Waals surface area contributed by atoms with E-state index >= 15 is 0 Å². The zero-order valence-electron chi connectivity index (χ0n) is 11.4. The molecular formula is C13H16ClF3N2O. The number of hydrogen-bond acceptors (Lipinski definition) is 2. The summed E-state index contributed by atoms with van der Waals surface area (Å²) >= 11 is 5.49. The van der Waals surface area contributed by atoms with E-state index in [2.05, 4.69) is 10.6 Å². The Hall–Kier alpha value is -1.27. The van der Waals surface area contributed by atoms with Crippen LogP contribution in [0, 0.1) is 0 Å². The summed E-state index contributed by atoms with van der Waals surface area (Å²) in [6.45, 7) is 5.65. The number of hydrogen-bond donors (Lipinski definition) is 2. The monoisotopic (exact) mass is 308 g/mol. The lowest BCUT2D eigenvalue weighted by atomic mass is 10.1. The molecule has 1 aromatic rings. The average Bonchev–Trinajstić information content (AvgIpc) is 2.27. The van der Waals surface area contributed by atoms with E-state index in [0.29, 0.717) is 0 Å². The molecule has 0 aliphatic heterocycles. The Morgan fingerprint density at radius 3 is 2.35 bits per heavy atom. The Bertz CT molecular complexity index is 495. The molecule has 2 N–H and O–H groups in total. The molecule has 20 heavy (non-hydrogen) atoms. The van der Waals surface area contributed by atoms with Gasteiger partial charge in [0.15, 0.2) is 0 Å². The molecule has 3 nitrogen and oxygen atoms in total. The highest BCUT2D eigenvalue weighted by Crippen LogP contribution is 2.36. The average molecular weight is 309 g/mol. The van der Waals surface area contributed by atoms with E-state index in [1.165, 1.54) is 6.07 Å². The number of carbonyl (C=O) groups excluding carboxylic acids is 1. The summed E-state index contributed by atoms with van der Waals surface area (Å²) in [7, 11) is 0. The van der Waals surface area contributed by atoms with Gasteiger partial charge >= 0.3 is 6.18 Å². The Morgan fingerprint density at radius 2 is 1.85 bits per heavy atom. The quantitative estimate of drug-likeness (QED) is 0.894. The molecule has 0 saturated carbocycles. The van der Waals surface area contributed by atoms with Gasteiger partial charge in [-0.25, -0.2) is 0 Å². The molecule has 1 aromatic carbocycles. The summed E-state index contributed by atoms with van der Waals surface area (Å²) in [6, 6.07) is 3.25. The van der Waals surface area contributed by atoms with Gasteiger partial charge in [0.25, 0.3) is 0 Å². The maximum Gasteiger partial charge on any atom is 0.417 e. The molecule has 0 fully saturated rings. The molecule has 0 aliphatic carbocycles. The minimum Gasteiger partial charge on any atom is -0.325 e. The van der Waals surface area contributed by atoms with E-state index < -0.39 is 22.7 Å². The Labute approximate surface area is 120 Å². The van der Waals surface area contributed by atoms with Crippen molar-refractivity contribution in [3.63, 3.8) is 0 Å². The summed E-state index contributed by atoms with van der Waals surface area (Å²) in [5.41, 5.74) is -1.17. The number of amides is 1. The number of carbonyl (C=O) groups is 1. The predicted octanol–water partition coefficient (Wildman–Crippen LogP) is 3.69. The summed E-state index contributed by atoms with van der Waals surface area (Å²) < 4.78 is 38.0. The Balaban J connectivity index is 2.77. The van der Waals surface area contributed by atoms with Gasteiger partial charge in [-0.3, -0.25) is 4.79 Å². The van der Waals surface area contributed by atoms with Crippen LogP contribution in [0.15, 0.2) is 18.2 Å². The Morgan fingerprint density at radius 1 is 1.25 bits per heavy atom. The van der Waals surface area contributed by atoms with Crippen molar-refractivity contribution in [2.75, 3.05) is 11.9 Å². The number of alkyl halides is 3. The molecule has 1 rings (SSSR count). The van der Waals surface area contributed by atoms with Gasteiger partial charge in [-0.1, -0.05) is 11.6 Å². The third kappa shape index (κ3) is 5.38. The van der Waals surface area contributed by atoms with Crippen molar-refractivity contribution in [2.24, 2.45) is 0 Å². The fraction of sp³-hybridized carbons (Fsp3) is 0.462. The summed E-state index contributed by atoms with van der Waals surface area (Å²) in [5.74, 6) is -0.421. The van der Waals surface area contributed by atoms with E-state index in [1.807, 2.05) is 20.8 Å². The van der Waals surface area contributed by atoms with Gasteiger partial charge in [-0.2, -0.15) is 13.2 Å². The second-order valence-electron chi connectivity index (χ2n) is 5.34. The first kappa shape index (κ1) is 16.8. The molecule has 0 heterocycles. The van der Waals surface area contributed by atoms with Gasteiger partial charge in [-0.15, -0.1) is 0 Å². The molecule has 0 radical (unpaired) electrons. The van der Waals surface area contributed by atoms with Crippen molar-refractivity contribution in [1.82, 2.24) is 5.32 Å². The van der Waals surface area contributed by atoms with E-state index in [-0.39, 0.29) is 17.8 Å². The third-order valence-electron chi connectivity index (χ3n) is 2.33. The lowest BCUT2D eigenvalue weighted by Crippen LogP contribution is -2.41. The molecular weight excluding hydrogens is 293 g/mol. The minimum absolute atomic E-state index is 0.00742. The predicted molar refractivity (Wildman–Crippen MR) is 72.8 cm³/mol. The summed E-state index contributed by atoms with van der Waals surface area (Å²) in [5, 5.41) is 4.93. The smallest absolute Gasteiger partial charge is 0.325 e. The summed E-state index contributed by atoms with van der Waals surface area (Å²) in [6.07, 6.45) is -4.55. The zero-order chi connectivity index (χ0) is 15.6. The molecule has 0 aromatic heterocycles. The van der Waals surface area contributed by atoms with Crippen molar-refractivity contribution < 1.29 is 18.0 Å². The lowest BCUT2D eigenvalue weighted by Gasteiger charge is -2.20. The van der Waals surface area contributed by atoms with Gasteiger partial charge in [0.2, 0.25) is 5.91 Å². The summed E-state index contributed by atoms with van der Waals surface area (Å²) in [4.78, 5) is 11.6. The molecule has 112 valence electrons. The first-order chi connectivity index (χ1) is 8.99. The highest BCUT2D eigenvalue weighted by molar-refractivity contribution is 6.31. The van der Waals surface area contributed by atoms with Crippen molar-refractivity contribution in [2.45, 2.75) is 32.5 Å². The van der Waals surface area contributed by atoms with Crippen LogP contribution in [-0.4, -0.2) is 18.0 Å². The van der Waals surface area contributed by atoms with Crippen LogP contribution < -0.4 is 10.6 Å². The van der Waals surface area contributed by atoms with Crippen LogP contribution in [-0.2, 0) is 11.0 Å². The van der Waals surface area contributed by atoms with Gasteiger partial charge in [0.05, 0.1) is 17.1 Å². The van der Waals surface area contributed by atoms with Crippen LogP contribution in [0.25, 0.3) is 0 Å². The largest absolute Gasteiger partial charge is 0.417 e. The number of anilines is 1. The van der Waals surface area contributed by atoms with Crippen molar-refractivity contribution in [3.05, 3.63) is 28.8 Å². The van der Waals surface area contributed by atoms with Crippen LogP contribution in [0.5, 0.6) is 0 Å². The zero-order valence-corrected chi connectivity index (χ0v) is 12.1. The van der Waals surface area contributed by atoms with E-state index in [4.69, 9.17) is 11.6 Å². The molecule has 0 spiro atoms. The number of nitrogens with one attached hydrogen (secondary N) is 2. The maximum atomic E-state index is 12.7. The van der Waals surface area contributed by atoms with Crippen molar-refractivity contribution in [1.29, 1.82) is 0 Å². The van der Waals surface area contributed by atoms with Crippen LogP contribution in [0.4, 0.5) is 18.9 Å². The maximum absolute atomic E-state index is 12.7. The van der Waals surface area contributed by atoms with E-state index in [0.717, 1.165) is 12.1 Å². The highest BCUT2D eigenvalue weighted by Gasteiger charge is 2.33. The van der Waals surface area contributed by atoms with Crippen molar-refractivity contribution >= 4 is 23.2 Å². The van der Waals surface area contributed by atoms with E-state index in [9.17, 15) is 18.0 Å². The fourth-order valence-electron chi connectivity index (χ4n) is 1.37. The van der Waals surface area contributed by atoms with E-state index in [1.54, 1.807) is 0 Å². The third-order valence-corrected chi connectivity index (χ3v) is 2.66. The number of benzene rings is 1. The topological polar surface area (TPSA) is 41.1 Å². The minimum atomic E-state index is -4.55. The number of rotatable bonds is 3. The van der Waals surface area contributed by atoms with Gasteiger partial charge < -0.3 is 10.6 Å². The van der Waals surface area contributed by atoms with Gasteiger partial charge in [-0.05, 0) is 39.0 Å². The second-order valence-corrected chi connectivity index (χ2v) is 5.75. The SMILES string of the molecule is CC(C)(C)NCC(=O)Nc1ccc(Cl)c(C(F)(F)F)c1. The van der Waals surface area contributed by atoms with Gasteiger partial charge in [0.1, 0.15) is 0 Å². The van der Waals surface area contributed by atoms with Crippen LogP contribution in [0.2, 0.25) is 5.02 Å². The molecule has 7 heteroatoms. The second kappa shape index (κ2) is 6.01. The molecule has 1 amide bonds. The highest BCUT2D eigenvalue weighted by atomic mass is 35.5. The standard InChI is InChI=1S/C13H16ClF3N2O/c1-12(2,3)18-7-11(20)19-8-4-5-10(14)9(6-8)13(15,16)17/h4-6,18H,7H2,1-3H3,(H,19,20).